The van der Waals surface area contributed by atoms with Crippen LogP contribution in [0.5, 0.6) is 0 Å². The van der Waals surface area contributed by atoms with E-state index in [1.165, 1.54) is 0 Å². The summed E-state index contributed by atoms with van der Waals surface area (Å²) in [7, 11) is 0. The molecule has 0 spiro atoms. The number of anilines is 1. The predicted molar refractivity (Wildman–Crippen MR) is 91.7 cm³/mol. The van der Waals surface area contributed by atoms with Crippen molar-refractivity contribution in [2.75, 3.05) is 25.0 Å². The molecule has 1 saturated carbocycles. The van der Waals surface area contributed by atoms with Crippen LogP contribution < -0.4 is 10.6 Å². The average Bonchev–Trinajstić information content (AvgIpc) is 3.18. The summed E-state index contributed by atoms with van der Waals surface area (Å²) in [6.45, 7) is 3.84. The van der Waals surface area contributed by atoms with Gasteiger partial charge >= 0.3 is 6.09 Å². The third-order valence-corrected chi connectivity index (χ3v) is 4.53. The minimum atomic E-state index is -0.310. The maximum atomic E-state index is 12.0. The highest BCUT2D eigenvalue weighted by Crippen LogP contribution is 2.37. The second-order valence-electron chi connectivity index (χ2n) is 6.64. The fourth-order valence-electron chi connectivity index (χ4n) is 2.88. The lowest BCUT2D eigenvalue weighted by Gasteiger charge is -2.13. The minimum absolute atomic E-state index is 0.0415. The molecule has 2 N–H and O–H groups in total. The Kier molecular flexibility index (Phi) is 5.21. The number of nitrogens with zero attached hydrogens (tertiary/aromatic N) is 1. The third-order valence-electron chi connectivity index (χ3n) is 4.53. The molecule has 1 heterocycles. The molecule has 3 amide bonds. The van der Waals surface area contributed by atoms with Crippen molar-refractivity contribution in [3.8, 4) is 0 Å². The van der Waals surface area contributed by atoms with Gasteiger partial charge in [0, 0.05) is 31.1 Å². The van der Waals surface area contributed by atoms with Gasteiger partial charge in [0.15, 0.2) is 0 Å². The van der Waals surface area contributed by atoms with Crippen molar-refractivity contribution in [1.29, 1.82) is 0 Å². The van der Waals surface area contributed by atoms with Crippen LogP contribution in [0.4, 0.5) is 10.5 Å². The van der Waals surface area contributed by atoms with Gasteiger partial charge in [-0.25, -0.2) is 4.79 Å². The SMILES string of the molecule is C[C@H]1C[C@H]1C(=O)NCCC(=O)Nc1cccc(CN2CCOC2=O)c1. The minimum Gasteiger partial charge on any atom is -0.448 e. The van der Waals surface area contributed by atoms with Crippen molar-refractivity contribution < 1.29 is 19.1 Å². The lowest BCUT2D eigenvalue weighted by molar-refractivity contribution is -0.122. The number of benzene rings is 1. The Labute approximate surface area is 146 Å². The molecule has 2 atom stereocenters. The van der Waals surface area contributed by atoms with Crippen LogP contribution in [0.2, 0.25) is 0 Å². The smallest absolute Gasteiger partial charge is 0.410 e. The Morgan fingerprint density at radius 3 is 2.84 bits per heavy atom. The molecular formula is C18H23N3O4. The first-order valence-corrected chi connectivity index (χ1v) is 8.61. The van der Waals surface area contributed by atoms with Crippen LogP contribution >= 0.6 is 0 Å². The van der Waals surface area contributed by atoms with Gasteiger partial charge in [-0.1, -0.05) is 19.1 Å². The van der Waals surface area contributed by atoms with Crippen molar-refractivity contribution in [3.63, 3.8) is 0 Å². The van der Waals surface area contributed by atoms with Gasteiger partial charge in [-0.3, -0.25) is 9.59 Å². The van der Waals surface area contributed by atoms with E-state index >= 15 is 0 Å². The zero-order valence-corrected chi connectivity index (χ0v) is 14.3. The molecule has 134 valence electrons. The zero-order chi connectivity index (χ0) is 17.8. The van der Waals surface area contributed by atoms with E-state index in [0.29, 0.717) is 37.8 Å². The highest BCUT2D eigenvalue weighted by Gasteiger charge is 2.38. The highest BCUT2D eigenvalue weighted by atomic mass is 16.6. The van der Waals surface area contributed by atoms with Crippen LogP contribution in [0.15, 0.2) is 24.3 Å². The molecular weight excluding hydrogens is 322 g/mol. The number of amides is 3. The number of nitrogens with one attached hydrogen (secondary N) is 2. The highest BCUT2D eigenvalue weighted by molar-refractivity contribution is 5.91. The standard InChI is InChI=1S/C18H23N3O4/c1-12-9-15(12)17(23)19-6-5-16(22)20-14-4-2-3-13(10-14)11-21-7-8-25-18(21)24/h2-4,10,12,15H,5-9,11H2,1H3,(H,19,23)(H,20,22)/t12-,15+/m0/s1. The average molecular weight is 345 g/mol. The molecule has 1 aromatic carbocycles. The largest absolute Gasteiger partial charge is 0.448 e. The molecule has 1 aliphatic carbocycles. The number of rotatable bonds is 7. The quantitative estimate of drug-likeness (QED) is 0.788. The third kappa shape index (κ3) is 4.71. The van der Waals surface area contributed by atoms with E-state index in [9.17, 15) is 14.4 Å². The summed E-state index contributed by atoms with van der Waals surface area (Å²) in [6.07, 6.45) is 0.861. The summed E-state index contributed by atoms with van der Waals surface area (Å²) in [4.78, 5) is 36.8. The van der Waals surface area contributed by atoms with Crippen molar-refractivity contribution in [2.24, 2.45) is 11.8 Å². The Morgan fingerprint density at radius 2 is 2.16 bits per heavy atom. The molecule has 7 nitrogen and oxygen atoms in total. The first-order chi connectivity index (χ1) is 12.0. The summed E-state index contributed by atoms with van der Waals surface area (Å²) in [6, 6.07) is 7.38. The number of hydrogen-bond donors (Lipinski definition) is 2. The van der Waals surface area contributed by atoms with Crippen LogP contribution in [0, 0.1) is 11.8 Å². The molecule has 1 saturated heterocycles. The van der Waals surface area contributed by atoms with Gasteiger partial charge in [0.2, 0.25) is 11.8 Å². The fraction of sp³-hybridized carbons (Fsp3) is 0.500. The molecule has 0 bridgehead atoms. The number of carbonyl (C=O) groups excluding carboxylic acids is 3. The van der Waals surface area contributed by atoms with E-state index in [1.807, 2.05) is 25.1 Å². The van der Waals surface area contributed by atoms with Crippen molar-refractivity contribution in [2.45, 2.75) is 26.3 Å². The van der Waals surface area contributed by atoms with Gasteiger partial charge in [0.1, 0.15) is 6.61 Å². The van der Waals surface area contributed by atoms with Crippen LogP contribution in [-0.4, -0.2) is 42.5 Å². The van der Waals surface area contributed by atoms with Gasteiger partial charge in [0.05, 0.1) is 6.54 Å². The number of ether oxygens (including phenoxy) is 1. The van der Waals surface area contributed by atoms with Crippen LogP contribution in [0.1, 0.15) is 25.3 Å². The van der Waals surface area contributed by atoms with E-state index in [0.717, 1.165) is 12.0 Å². The summed E-state index contributed by atoms with van der Waals surface area (Å²) >= 11 is 0. The Hall–Kier alpha value is -2.57. The summed E-state index contributed by atoms with van der Waals surface area (Å²) in [5.74, 6) is 0.475. The number of hydrogen-bond acceptors (Lipinski definition) is 4. The molecule has 0 aromatic heterocycles. The fourth-order valence-corrected chi connectivity index (χ4v) is 2.88. The molecule has 0 unspecified atom stereocenters. The Balaban J connectivity index is 1.43. The molecule has 1 aliphatic heterocycles. The van der Waals surface area contributed by atoms with Gasteiger partial charge in [0.25, 0.3) is 0 Å². The first-order valence-electron chi connectivity index (χ1n) is 8.61. The monoisotopic (exact) mass is 345 g/mol. The maximum absolute atomic E-state index is 12.0. The van der Waals surface area contributed by atoms with Gasteiger partial charge in [-0.2, -0.15) is 0 Å². The van der Waals surface area contributed by atoms with Crippen LogP contribution in [0.25, 0.3) is 0 Å². The van der Waals surface area contributed by atoms with E-state index in [1.54, 1.807) is 11.0 Å². The van der Waals surface area contributed by atoms with Crippen molar-refractivity contribution in [3.05, 3.63) is 29.8 Å². The van der Waals surface area contributed by atoms with E-state index in [2.05, 4.69) is 10.6 Å². The topological polar surface area (TPSA) is 87.7 Å². The molecule has 25 heavy (non-hydrogen) atoms. The van der Waals surface area contributed by atoms with Crippen molar-refractivity contribution in [1.82, 2.24) is 10.2 Å². The van der Waals surface area contributed by atoms with Gasteiger partial charge in [-0.15, -0.1) is 0 Å². The van der Waals surface area contributed by atoms with E-state index in [4.69, 9.17) is 4.74 Å². The van der Waals surface area contributed by atoms with E-state index < -0.39 is 0 Å². The predicted octanol–water partition coefficient (Wildman–Crippen LogP) is 1.74. The molecule has 2 fully saturated rings. The van der Waals surface area contributed by atoms with Crippen molar-refractivity contribution >= 4 is 23.6 Å². The molecule has 7 heteroatoms. The molecule has 2 aliphatic rings. The zero-order valence-electron chi connectivity index (χ0n) is 14.3. The normalized spacial score (nSPS) is 21.6. The van der Waals surface area contributed by atoms with E-state index in [-0.39, 0.29) is 30.2 Å². The lowest BCUT2D eigenvalue weighted by atomic mass is 10.2. The lowest BCUT2D eigenvalue weighted by Crippen LogP contribution is -2.29. The van der Waals surface area contributed by atoms with Gasteiger partial charge in [-0.05, 0) is 30.0 Å². The number of carbonyl (C=O) groups is 3. The molecule has 0 radical (unpaired) electrons. The first kappa shape index (κ1) is 17.3. The van der Waals surface area contributed by atoms with Gasteiger partial charge < -0.3 is 20.3 Å². The summed E-state index contributed by atoms with van der Waals surface area (Å²) < 4.78 is 4.91. The van der Waals surface area contributed by atoms with Crippen LogP contribution in [0.3, 0.4) is 0 Å². The summed E-state index contributed by atoms with van der Waals surface area (Å²) in [5.41, 5.74) is 1.60. The molecule has 1 aromatic rings. The second-order valence-corrected chi connectivity index (χ2v) is 6.64. The van der Waals surface area contributed by atoms with Crippen LogP contribution in [-0.2, 0) is 20.9 Å². The second kappa shape index (κ2) is 7.55. The molecule has 3 rings (SSSR count). The number of cyclic esters (lactones) is 1. The Bertz CT molecular complexity index is 676. The maximum Gasteiger partial charge on any atom is 0.410 e. The Morgan fingerprint density at radius 1 is 1.36 bits per heavy atom. The summed E-state index contributed by atoms with van der Waals surface area (Å²) in [5, 5.41) is 5.62.